The van der Waals surface area contributed by atoms with Crippen LogP contribution >= 0.6 is 0 Å². The highest BCUT2D eigenvalue weighted by molar-refractivity contribution is 5.87. The summed E-state index contributed by atoms with van der Waals surface area (Å²) in [5, 5.41) is 2.85. The van der Waals surface area contributed by atoms with E-state index in [0.717, 1.165) is 5.56 Å². The molecule has 138 valence electrons. The lowest BCUT2D eigenvalue weighted by Crippen LogP contribution is -2.50. The van der Waals surface area contributed by atoms with Crippen LogP contribution in [0.1, 0.15) is 32.8 Å². The number of ether oxygens (including phenoxy) is 2. The van der Waals surface area contributed by atoms with Crippen LogP contribution in [0.15, 0.2) is 42.5 Å². The Morgan fingerprint density at radius 3 is 2.52 bits per heavy atom. The van der Waals surface area contributed by atoms with Gasteiger partial charge >= 0.3 is 5.97 Å². The first-order valence-electron chi connectivity index (χ1n) is 8.25. The Bertz CT molecular complexity index is 582. The van der Waals surface area contributed by atoms with Crippen molar-refractivity contribution in [2.75, 3.05) is 13.2 Å². The fraction of sp³-hybridized carbons (Fsp3) is 0.474. The van der Waals surface area contributed by atoms with E-state index in [-0.39, 0.29) is 24.7 Å². The van der Waals surface area contributed by atoms with Crippen LogP contribution in [0.25, 0.3) is 0 Å². The van der Waals surface area contributed by atoms with E-state index < -0.39 is 17.6 Å². The van der Waals surface area contributed by atoms with Gasteiger partial charge in [0.2, 0.25) is 5.91 Å². The van der Waals surface area contributed by atoms with Crippen molar-refractivity contribution < 1.29 is 19.1 Å². The number of amides is 1. The fourth-order valence-corrected chi connectivity index (χ4v) is 1.92. The molecular weight excluding hydrogens is 320 g/mol. The van der Waals surface area contributed by atoms with Crippen LogP contribution in [0.4, 0.5) is 0 Å². The second-order valence-corrected chi connectivity index (χ2v) is 6.63. The Hall–Kier alpha value is -2.18. The number of nitrogens with one attached hydrogen (secondary N) is 1. The van der Waals surface area contributed by atoms with E-state index in [1.165, 1.54) is 0 Å². The van der Waals surface area contributed by atoms with Gasteiger partial charge in [-0.1, -0.05) is 36.9 Å². The molecule has 0 fully saturated rings. The molecule has 6 nitrogen and oxygen atoms in total. The monoisotopic (exact) mass is 348 g/mol. The van der Waals surface area contributed by atoms with E-state index in [1.54, 1.807) is 6.92 Å². The van der Waals surface area contributed by atoms with Crippen LogP contribution in [0.5, 0.6) is 0 Å². The predicted octanol–water partition coefficient (Wildman–Crippen LogP) is 1.93. The second kappa shape index (κ2) is 9.96. The molecule has 0 aliphatic heterocycles. The maximum Gasteiger partial charge on any atom is 0.336 e. The first-order chi connectivity index (χ1) is 11.7. The summed E-state index contributed by atoms with van der Waals surface area (Å²) in [5.41, 5.74) is 6.26. The molecule has 0 aliphatic rings. The molecule has 1 unspecified atom stereocenters. The average molecular weight is 348 g/mol. The van der Waals surface area contributed by atoms with Gasteiger partial charge in [0.15, 0.2) is 0 Å². The zero-order chi connectivity index (χ0) is 18.9. The van der Waals surface area contributed by atoms with Gasteiger partial charge in [-0.15, -0.1) is 0 Å². The maximum absolute atomic E-state index is 11.9. The highest BCUT2D eigenvalue weighted by atomic mass is 16.5. The van der Waals surface area contributed by atoms with Crippen LogP contribution in [-0.4, -0.2) is 36.7 Å². The van der Waals surface area contributed by atoms with E-state index in [0.29, 0.717) is 13.0 Å². The highest BCUT2D eigenvalue weighted by Crippen LogP contribution is 2.10. The fourth-order valence-electron chi connectivity index (χ4n) is 1.92. The zero-order valence-electron chi connectivity index (χ0n) is 15.2. The smallest absolute Gasteiger partial charge is 0.336 e. The van der Waals surface area contributed by atoms with Gasteiger partial charge in [-0.05, 0) is 32.8 Å². The molecule has 0 saturated carbocycles. The van der Waals surface area contributed by atoms with Gasteiger partial charge < -0.3 is 20.5 Å². The summed E-state index contributed by atoms with van der Waals surface area (Å²) in [7, 11) is 0. The van der Waals surface area contributed by atoms with Crippen molar-refractivity contribution in [3.05, 3.63) is 48.0 Å². The van der Waals surface area contributed by atoms with Crippen LogP contribution in [-0.2, 0) is 25.7 Å². The van der Waals surface area contributed by atoms with Gasteiger partial charge in [0.1, 0.15) is 6.61 Å². The molecule has 1 amide bonds. The molecule has 1 aromatic carbocycles. The number of hydrogen-bond donors (Lipinski definition) is 2. The minimum atomic E-state index is -0.556. The molecule has 0 aliphatic carbocycles. The summed E-state index contributed by atoms with van der Waals surface area (Å²) in [4.78, 5) is 23.5. The summed E-state index contributed by atoms with van der Waals surface area (Å²) in [6, 6.07) is 8.87. The Labute approximate surface area is 149 Å². The van der Waals surface area contributed by atoms with Crippen LogP contribution < -0.4 is 11.1 Å². The van der Waals surface area contributed by atoms with Crippen molar-refractivity contribution in [1.82, 2.24) is 5.32 Å². The van der Waals surface area contributed by atoms with Crippen molar-refractivity contribution in [3.63, 3.8) is 0 Å². The molecule has 0 saturated heterocycles. The molecule has 3 N–H and O–H groups in total. The van der Waals surface area contributed by atoms with E-state index in [1.807, 2.05) is 44.2 Å². The maximum atomic E-state index is 11.9. The molecule has 0 heterocycles. The van der Waals surface area contributed by atoms with Crippen molar-refractivity contribution in [2.24, 2.45) is 5.73 Å². The normalized spacial score (nSPS) is 12.3. The van der Waals surface area contributed by atoms with Crippen molar-refractivity contribution in [1.29, 1.82) is 0 Å². The van der Waals surface area contributed by atoms with Gasteiger partial charge in [-0.2, -0.15) is 0 Å². The SMILES string of the molecule is C=C(COCCC(C)(C)NC(=O)C(C)N)C(=O)OCc1ccccc1. The number of esters is 1. The van der Waals surface area contributed by atoms with Crippen molar-refractivity contribution in [3.8, 4) is 0 Å². The number of hydrogen-bond acceptors (Lipinski definition) is 5. The van der Waals surface area contributed by atoms with Gasteiger partial charge in [-0.3, -0.25) is 4.79 Å². The number of rotatable bonds is 10. The van der Waals surface area contributed by atoms with Gasteiger partial charge in [-0.25, -0.2) is 4.79 Å². The third kappa shape index (κ3) is 8.47. The lowest BCUT2D eigenvalue weighted by atomic mass is 10.0. The highest BCUT2D eigenvalue weighted by Gasteiger charge is 2.22. The summed E-state index contributed by atoms with van der Waals surface area (Å²) in [5.74, 6) is -0.688. The number of carbonyl (C=O) groups is 2. The standard InChI is InChI=1S/C19H28N2O4/c1-14(18(23)25-13-16-8-6-5-7-9-16)12-24-11-10-19(3,4)21-17(22)15(2)20/h5-9,15H,1,10-13,20H2,2-4H3,(H,21,22). The third-order valence-corrected chi connectivity index (χ3v) is 3.52. The largest absolute Gasteiger partial charge is 0.457 e. The molecule has 1 rings (SSSR count). The molecule has 1 aromatic rings. The number of nitrogens with two attached hydrogens (primary N) is 1. The topological polar surface area (TPSA) is 90.6 Å². The molecule has 6 heteroatoms. The summed E-state index contributed by atoms with van der Waals surface area (Å²) in [6.45, 7) is 9.76. The van der Waals surface area contributed by atoms with Crippen molar-refractivity contribution >= 4 is 11.9 Å². The number of benzene rings is 1. The Morgan fingerprint density at radius 1 is 1.28 bits per heavy atom. The lowest BCUT2D eigenvalue weighted by molar-refractivity contribution is -0.141. The first kappa shape index (κ1) is 20.9. The predicted molar refractivity (Wildman–Crippen MR) is 96.7 cm³/mol. The minimum Gasteiger partial charge on any atom is -0.457 e. The summed E-state index contributed by atoms with van der Waals surface area (Å²) >= 11 is 0. The van der Waals surface area contributed by atoms with E-state index in [4.69, 9.17) is 15.2 Å². The van der Waals surface area contributed by atoms with Crippen LogP contribution in [0.2, 0.25) is 0 Å². The van der Waals surface area contributed by atoms with Crippen LogP contribution in [0, 0.1) is 0 Å². The molecule has 1 atom stereocenters. The van der Waals surface area contributed by atoms with Gasteiger partial charge in [0, 0.05) is 12.1 Å². The number of carbonyl (C=O) groups excluding carboxylic acids is 2. The molecule has 0 radical (unpaired) electrons. The quantitative estimate of drug-likeness (QED) is 0.383. The minimum absolute atomic E-state index is 0.0882. The Morgan fingerprint density at radius 2 is 1.92 bits per heavy atom. The van der Waals surface area contributed by atoms with Gasteiger partial charge in [0.25, 0.3) is 0 Å². The van der Waals surface area contributed by atoms with E-state index in [9.17, 15) is 9.59 Å². The molecular formula is C19H28N2O4. The van der Waals surface area contributed by atoms with Gasteiger partial charge in [0.05, 0.1) is 18.2 Å². The summed E-state index contributed by atoms with van der Waals surface area (Å²) in [6.07, 6.45) is 0.581. The Kier molecular flexibility index (Phi) is 8.31. The summed E-state index contributed by atoms with van der Waals surface area (Å²) < 4.78 is 10.6. The average Bonchev–Trinajstić information content (AvgIpc) is 2.56. The first-order valence-corrected chi connectivity index (χ1v) is 8.25. The zero-order valence-corrected chi connectivity index (χ0v) is 15.2. The van der Waals surface area contributed by atoms with Crippen molar-refractivity contribution in [2.45, 2.75) is 45.4 Å². The molecule has 0 bridgehead atoms. The Balaban J connectivity index is 2.25. The van der Waals surface area contributed by atoms with E-state index >= 15 is 0 Å². The molecule has 0 spiro atoms. The molecule has 0 aromatic heterocycles. The lowest BCUT2D eigenvalue weighted by Gasteiger charge is -2.27. The van der Waals surface area contributed by atoms with Crippen LogP contribution in [0.3, 0.4) is 0 Å². The van der Waals surface area contributed by atoms with E-state index in [2.05, 4.69) is 11.9 Å². The third-order valence-electron chi connectivity index (χ3n) is 3.52. The molecule has 25 heavy (non-hydrogen) atoms. The second-order valence-electron chi connectivity index (χ2n) is 6.63.